The normalized spacial score (nSPS) is 14.8. The lowest BCUT2D eigenvalue weighted by molar-refractivity contribution is -0.134. The maximum Gasteiger partial charge on any atom is 0.239 e. The first-order valence-electron chi connectivity index (χ1n) is 11.4. The van der Waals surface area contributed by atoms with Crippen molar-refractivity contribution in [2.45, 2.75) is 25.8 Å². The molecule has 0 aliphatic carbocycles. The summed E-state index contributed by atoms with van der Waals surface area (Å²) in [5, 5.41) is 15.3. The van der Waals surface area contributed by atoms with Crippen LogP contribution >= 0.6 is 11.6 Å². The molecule has 2 aromatic rings. The number of methoxy groups -OCH3 is 1. The highest BCUT2D eigenvalue weighted by atomic mass is 35.5. The zero-order valence-electron chi connectivity index (χ0n) is 20.2. The Balaban J connectivity index is 1.55. The van der Waals surface area contributed by atoms with Crippen molar-refractivity contribution in [3.63, 3.8) is 0 Å². The van der Waals surface area contributed by atoms with Gasteiger partial charge in [-0.25, -0.2) is 4.98 Å². The lowest BCUT2D eigenvalue weighted by Crippen LogP contribution is -2.52. The summed E-state index contributed by atoms with van der Waals surface area (Å²) in [5.74, 6) is 0.265. The molecule has 2 amide bonds. The molecule has 10 nitrogen and oxygen atoms in total. The van der Waals surface area contributed by atoms with Gasteiger partial charge in [0.2, 0.25) is 11.8 Å². The largest absolute Gasteiger partial charge is 0.495 e. The van der Waals surface area contributed by atoms with Crippen molar-refractivity contribution in [1.82, 2.24) is 25.1 Å². The number of carbonyl (C=O) groups excluding carboxylic acids is 2. The van der Waals surface area contributed by atoms with E-state index in [9.17, 15) is 9.59 Å². The summed E-state index contributed by atoms with van der Waals surface area (Å²) in [7, 11) is 3.58. The van der Waals surface area contributed by atoms with Gasteiger partial charge in [-0.05, 0) is 44.6 Å². The number of rotatable bonds is 9. The fourth-order valence-electron chi connectivity index (χ4n) is 3.73. The summed E-state index contributed by atoms with van der Waals surface area (Å²) < 4.78 is 5.45. The van der Waals surface area contributed by atoms with Crippen LogP contribution in [-0.4, -0.2) is 84.5 Å². The highest BCUT2D eigenvalue weighted by Gasteiger charge is 2.23. The minimum absolute atomic E-state index is 0.00955. The first-order valence-corrected chi connectivity index (χ1v) is 11.8. The Morgan fingerprint density at radius 3 is 2.60 bits per heavy atom. The average molecular weight is 500 g/mol. The first kappa shape index (κ1) is 26.3. The third kappa shape index (κ3) is 7.36. The lowest BCUT2D eigenvalue weighted by atomic mass is 10.1. The van der Waals surface area contributed by atoms with Crippen LogP contribution in [0.2, 0.25) is 5.02 Å². The van der Waals surface area contributed by atoms with Gasteiger partial charge in [0, 0.05) is 31.2 Å². The molecule has 35 heavy (non-hydrogen) atoms. The number of halogens is 1. The van der Waals surface area contributed by atoms with Crippen LogP contribution in [0.15, 0.2) is 24.5 Å². The number of ether oxygens (including phenoxy) is 1. The van der Waals surface area contributed by atoms with Crippen LogP contribution < -0.4 is 15.4 Å². The molecule has 11 heteroatoms. The van der Waals surface area contributed by atoms with Crippen LogP contribution in [0, 0.1) is 11.3 Å². The van der Waals surface area contributed by atoms with E-state index in [0.29, 0.717) is 35.1 Å². The Labute approximate surface area is 210 Å². The number of nitriles is 1. The number of amides is 2. The lowest BCUT2D eigenvalue weighted by Gasteiger charge is -2.34. The Bertz CT molecular complexity index is 1080. The topological polar surface area (TPSA) is 123 Å². The minimum atomic E-state index is -0.316. The zero-order chi connectivity index (χ0) is 25.4. The first-order chi connectivity index (χ1) is 16.8. The molecule has 1 aromatic carbocycles. The fraction of sp³-hybridized carbons (Fsp3) is 0.458. The number of aromatic nitrogens is 2. The molecule has 1 saturated heterocycles. The number of anilines is 1. The van der Waals surface area contributed by atoms with Crippen molar-refractivity contribution < 1.29 is 14.3 Å². The van der Waals surface area contributed by atoms with Gasteiger partial charge in [-0.3, -0.25) is 14.6 Å². The smallest absolute Gasteiger partial charge is 0.239 e. The molecular weight excluding hydrogens is 470 g/mol. The zero-order valence-corrected chi connectivity index (χ0v) is 20.9. The number of carbonyl (C=O) groups is 2. The van der Waals surface area contributed by atoms with Crippen molar-refractivity contribution in [3.05, 3.63) is 46.5 Å². The van der Waals surface area contributed by atoms with Crippen molar-refractivity contribution in [3.8, 4) is 11.8 Å². The van der Waals surface area contributed by atoms with Gasteiger partial charge < -0.3 is 25.2 Å². The Morgan fingerprint density at radius 1 is 1.23 bits per heavy atom. The van der Waals surface area contributed by atoms with E-state index in [1.54, 1.807) is 12.1 Å². The van der Waals surface area contributed by atoms with Crippen LogP contribution in [0.1, 0.15) is 23.9 Å². The van der Waals surface area contributed by atoms with Gasteiger partial charge in [-0.15, -0.1) is 0 Å². The van der Waals surface area contributed by atoms with E-state index in [1.165, 1.54) is 19.5 Å². The Morgan fingerprint density at radius 2 is 1.97 bits per heavy atom. The highest BCUT2D eigenvalue weighted by Crippen LogP contribution is 2.31. The number of piperazine rings is 1. The molecule has 1 fully saturated rings. The van der Waals surface area contributed by atoms with E-state index in [2.05, 4.69) is 32.5 Å². The molecule has 0 radical (unpaired) electrons. The molecule has 1 atom stereocenters. The summed E-state index contributed by atoms with van der Waals surface area (Å²) >= 11 is 6.48. The second-order valence-corrected chi connectivity index (χ2v) is 8.84. The molecule has 1 aliphatic rings. The van der Waals surface area contributed by atoms with Gasteiger partial charge in [-0.1, -0.05) is 11.6 Å². The van der Waals surface area contributed by atoms with Crippen LogP contribution in [0.5, 0.6) is 5.75 Å². The molecule has 3 rings (SSSR count). The quantitative estimate of drug-likeness (QED) is 0.532. The standard InChI is InChI=1S/C24H30ClN7O3/c1-16(24(34)32-8-6-31(2)7-9-32)27-5-4-17-10-22(35-3)21(12-20(17)25)30-23(33)11-18-14-29-19(13-26)15-28-18/h10,12,14-16,27H,4-9,11H2,1-3H3,(H,30,33)/t16-/m1/s1. The summed E-state index contributed by atoms with van der Waals surface area (Å²) in [6.45, 7) is 5.70. The van der Waals surface area contributed by atoms with Gasteiger partial charge in [0.15, 0.2) is 5.69 Å². The van der Waals surface area contributed by atoms with Crippen LogP contribution in [-0.2, 0) is 22.4 Å². The number of nitrogens with zero attached hydrogens (tertiary/aromatic N) is 5. The van der Waals surface area contributed by atoms with Crippen LogP contribution in [0.4, 0.5) is 5.69 Å². The Kier molecular flexibility index (Phi) is 9.37. The summed E-state index contributed by atoms with van der Waals surface area (Å²) in [4.78, 5) is 37.2. The van der Waals surface area contributed by atoms with Crippen molar-refractivity contribution in [2.24, 2.45) is 0 Å². The molecule has 2 heterocycles. The molecule has 1 aliphatic heterocycles. The highest BCUT2D eigenvalue weighted by molar-refractivity contribution is 6.31. The van der Waals surface area contributed by atoms with Gasteiger partial charge in [0.05, 0.1) is 43.3 Å². The van der Waals surface area contributed by atoms with E-state index in [1.807, 2.05) is 17.9 Å². The second-order valence-electron chi connectivity index (χ2n) is 8.43. The van der Waals surface area contributed by atoms with Crippen molar-refractivity contribution in [1.29, 1.82) is 5.26 Å². The third-order valence-corrected chi connectivity index (χ3v) is 6.19. The van der Waals surface area contributed by atoms with Gasteiger partial charge in [0.25, 0.3) is 0 Å². The molecule has 0 unspecified atom stereocenters. The summed E-state index contributed by atoms with van der Waals surface area (Å²) in [5.41, 5.74) is 1.91. The molecule has 0 spiro atoms. The van der Waals surface area contributed by atoms with E-state index in [0.717, 1.165) is 31.7 Å². The molecule has 186 valence electrons. The number of likely N-dealkylation sites (N-methyl/N-ethyl adjacent to an activating group) is 1. The van der Waals surface area contributed by atoms with Crippen LogP contribution in [0.3, 0.4) is 0 Å². The summed E-state index contributed by atoms with van der Waals surface area (Å²) in [6.07, 6.45) is 3.30. The molecule has 1 aromatic heterocycles. The van der Waals surface area contributed by atoms with Crippen molar-refractivity contribution >= 4 is 29.1 Å². The second kappa shape index (κ2) is 12.4. The van der Waals surface area contributed by atoms with Gasteiger partial charge in [-0.2, -0.15) is 5.26 Å². The summed E-state index contributed by atoms with van der Waals surface area (Å²) in [6, 6.07) is 5.03. The monoisotopic (exact) mass is 499 g/mol. The van der Waals surface area contributed by atoms with E-state index in [4.69, 9.17) is 21.6 Å². The van der Waals surface area contributed by atoms with Gasteiger partial charge >= 0.3 is 0 Å². The van der Waals surface area contributed by atoms with E-state index < -0.39 is 0 Å². The molecule has 0 bridgehead atoms. The van der Waals surface area contributed by atoms with E-state index >= 15 is 0 Å². The maximum absolute atomic E-state index is 12.7. The SMILES string of the molecule is COc1cc(CCN[C@H](C)C(=O)N2CCN(C)CC2)c(Cl)cc1NC(=O)Cc1cnc(C#N)cn1. The third-order valence-electron chi connectivity index (χ3n) is 5.83. The van der Waals surface area contributed by atoms with Crippen LogP contribution in [0.25, 0.3) is 0 Å². The molecule has 0 saturated carbocycles. The Hall–Kier alpha value is -3.26. The number of hydrogen-bond acceptors (Lipinski definition) is 8. The minimum Gasteiger partial charge on any atom is -0.495 e. The number of nitrogens with one attached hydrogen (secondary N) is 2. The predicted molar refractivity (Wildman–Crippen MR) is 132 cm³/mol. The fourth-order valence-corrected chi connectivity index (χ4v) is 3.99. The average Bonchev–Trinajstić information content (AvgIpc) is 2.85. The van der Waals surface area contributed by atoms with Crippen molar-refractivity contribution in [2.75, 3.05) is 52.2 Å². The molecule has 2 N–H and O–H groups in total. The maximum atomic E-state index is 12.7. The number of benzene rings is 1. The predicted octanol–water partition coefficient (Wildman–Crippen LogP) is 1.49. The molecular formula is C24H30ClN7O3. The van der Waals surface area contributed by atoms with Gasteiger partial charge in [0.1, 0.15) is 11.8 Å². The number of hydrogen-bond donors (Lipinski definition) is 2. The van der Waals surface area contributed by atoms with E-state index in [-0.39, 0.29) is 30.0 Å².